The van der Waals surface area contributed by atoms with Crippen LogP contribution >= 0.6 is 0 Å². The lowest BCUT2D eigenvalue weighted by atomic mass is 10.0. The zero-order valence-corrected chi connectivity index (χ0v) is 50.9. The lowest BCUT2D eigenvalue weighted by Gasteiger charge is -2.18. The van der Waals surface area contributed by atoms with Crippen molar-refractivity contribution in [1.82, 2.24) is 0 Å². The molecule has 0 fully saturated rings. The molecule has 0 aliphatic rings. The highest BCUT2D eigenvalue weighted by molar-refractivity contribution is 5.71. The summed E-state index contributed by atoms with van der Waals surface area (Å²) in [5, 5.41) is 0. The molecule has 444 valence electrons. The fourth-order valence-corrected chi connectivity index (χ4v) is 8.84. The number of carbonyl (C=O) groups excluding carboxylic acids is 3. The van der Waals surface area contributed by atoms with Gasteiger partial charge in [-0.25, -0.2) is 0 Å². The van der Waals surface area contributed by atoms with Crippen molar-refractivity contribution in [2.24, 2.45) is 0 Å². The molecule has 0 aliphatic heterocycles. The molecule has 1 unspecified atom stereocenters. The van der Waals surface area contributed by atoms with Gasteiger partial charge in [-0.15, -0.1) is 0 Å². The second-order valence-corrected chi connectivity index (χ2v) is 21.3. The Hall–Kier alpha value is -4.19. The second kappa shape index (κ2) is 65.3. The summed E-state index contributed by atoms with van der Waals surface area (Å²) in [6, 6.07) is 0. The van der Waals surface area contributed by atoms with E-state index in [1.165, 1.54) is 122 Å². The van der Waals surface area contributed by atoms with Gasteiger partial charge in [0.25, 0.3) is 0 Å². The van der Waals surface area contributed by atoms with E-state index in [1.54, 1.807) is 0 Å². The summed E-state index contributed by atoms with van der Waals surface area (Å²) in [7, 11) is 0. The highest BCUT2D eigenvalue weighted by Gasteiger charge is 2.19. The van der Waals surface area contributed by atoms with Crippen molar-refractivity contribution in [3.63, 3.8) is 0 Å². The van der Waals surface area contributed by atoms with E-state index < -0.39 is 6.10 Å². The number of rotatable bonds is 58. The van der Waals surface area contributed by atoms with Crippen LogP contribution in [0.1, 0.15) is 297 Å². The van der Waals surface area contributed by atoms with E-state index in [4.69, 9.17) is 14.2 Å². The zero-order chi connectivity index (χ0) is 56.4. The van der Waals surface area contributed by atoms with Crippen LogP contribution in [0.5, 0.6) is 0 Å². The minimum Gasteiger partial charge on any atom is -0.462 e. The van der Waals surface area contributed by atoms with Crippen molar-refractivity contribution >= 4 is 17.9 Å². The Morgan fingerprint density at radius 2 is 0.500 bits per heavy atom. The Balaban J connectivity index is 4.47. The molecule has 6 nitrogen and oxygen atoms in total. The predicted molar refractivity (Wildman–Crippen MR) is 339 cm³/mol. The molecule has 0 N–H and O–H groups in total. The van der Waals surface area contributed by atoms with Gasteiger partial charge in [0.2, 0.25) is 0 Å². The van der Waals surface area contributed by atoms with Gasteiger partial charge >= 0.3 is 17.9 Å². The predicted octanol–water partition coefficient (Wildman–Crippen LogP) is 22.4. The molecule has 0 aliphatic carbocycles. The van der Waals surface area contributed by atoms with Crippen LogP contribution in [-0.4, -0.2) is 37.2 Å². The average molecular weight is 1080 g/mol. The van der Waals surface area contributed by atoms with Crippen molar-refractivity contribution in [2.75, 3.05) is 13.2 Å². The number of esters is 3. The third-order valence-electron chi connectivity index (χ3n) is 13.7. The number of allylic oxidation sites excluding steroid dienone is 20. The maximum absolute atomic E-state index is 12.9. The number of ether oxygens (including phenoxy) is 3. The van der Waals surface area contributed by atoms with Gasteiger partial charge in [-0.2, -0.15) is 0 Å². The van der Waals surface area contributed by atoms with Gasteiger partial charge in [-0.05, 0) is 116 Å². The topological polar surface area (TPSA) is 78.9 Å². The number of hydrogen-bond acceptors (Lipinski definition) is 6. The van der Waals surface area contributed by atoms with Gasteiger partial charge < -0.3 is 14.2 Å². The zero-order valence-electron chi connectivity index (χ0n) is 50.9. The van der Waals surface area contributed by atoms with Crippen LogP contribution in [0, 0.1) is 0 Å². The van der Waals surface area contributed by atoms with Crippen LogP contribution in [0.2, 0.25) is 0 Å². The quantitative estimate of drug-likeness (QED) is 0.0261. The molecular formula is C72H120O6. The monoisotopic (exact) mass is 1080 g/mol. The molecule has 0 aromatic heterocycles. The summed E-state index contributed by atoms with van der Waals surface area (Å²) >= 11 is 0. The summed E-state index contributed by atoms with van der Waals surface area (Å²) < 4.78 is 16.9. The van der Waals surface area contributed by atoms with Crippen LogP contribution in [0.15, 0.2) is 122 Å². The maximum Gasteiger partial charge on any atom is 0.306 e. The molecule has 0 radical (unpaired) electrons. The van der Waals surface area contributed by atoms with E-state index in [1.807, 2.05) is 0 Å². The van der Waals surface area contributed by atoms with E-state index >= 15 is 0 Å². The Bertz CT molecular complexity index is 1620. The first-order valence-electron chi connectivity index (χ1n) is 32.5. The lowest BCUT2D eigenvalue weighted by Crippen LogP contribution is -2.30. The van der Waals surface area contributed by atoms with Crippen molar-refractivity contribution < 1.29 is 28.6 Å². The molecule has 0 aromatic rings. The fourth-order valence-electron chi connectivity index (χ4n) is 8.84. The van der Waals surface area contributed by atoms with Gasteiger partial charge in [-0.3, -0.25) is 14.4 Å². The molecule has 0 bridgehead atoms. The van der Waals surface area contributed by atoms with Crippen LogP contribution in [-0.2, 0) is 28.6 Å². The van der Waals surface area contributed by atoms with E-state index in [0.29, 0.717) is 19.3 Å². The van der Waals surface area contributed by atoms with E-state index in [-0.39, 0.29) is 31.1 Å². The minimum atomic E-state index is -0.803. The third kappa shape index (κ3) is 62.7. The molecule has 6 heteroatoms. The van der Waals surface area contributed by atoms with Crippen LogP contribution in [0.4, 0.5) is 0 Å². The van der Waals surface area contributed by atoms with Gasteiger partial charge in [0.15, 0.2) is 6.10 Å². The Morgan fingerprint density at radius 1 is 0.269 bits per heavy atom. The molecule has 0 saturated carbocycles. The van der Waals surface area contributed by atoms with Gasteiger partial charge in [0.05, 0.1) is 0 Å². The molecule has 0 aromatic carbocycles. The van der Waals surface area contributed by atoms with Crippen molar-refractivity contribution in [2.45, 2.75) is 303 Å². The standard InChI is InChI=1S/C72H120O6/c1-4-7-10-13-16-19-22-25-28-31-33-34-35-36-37-38-40-41-44-47-50-53-56-59-62-65-71(74)77-68-69(67-76-70(73)64-61-58-55-52-49-46-43-30-27-24-21-18-15-12-9-6-3)78-72(75)66-63-60-57-54-51-48-45-42-39-32-29-26-23-20-17-14-11-8-5-2/h7,10,16-17,19-20,25-26,28-29,33-34,36-37,39-42,47,50,69H,4-6,8-9,11-15,18,21-24,27,30-32,35,38,43-46,48-49,51-68H2,1-3H3/b10-7-,19-16-,20-17-,28-25-,29-26-,34-33-,37-36-,41-40-,42-39-,50-47-. The van der Waals surface area contributed by atoms with Gasteiger partial charge in [0.1, 0.15) is 13.2 Å². The van der Waals surface area contributed by atoms with Gasteiger partial charge in [0, 0.05) is 19.3 Å². The lowest BCUT2D eigenvalue weighted by molar-refractivity contribution is -0.167. The second-order valence-electron chi connectivity index (χ2n) is 21.3. The van der Waals surface area contributed by atoms with Crippen LogP contribution in [0.25, 0.3) is 0 Å². The molecule has 0 rings (SSSR count). The van der Waals surface area contributed by atoms with Crippen molar-refractivity contribution in [3.8, 4) is 0 Å². The van der Waals surface area contributed by atoms with Gasteiger partial charge in [-0.1, -0.05) is 284 Å². The summed E-state index contributed by atoms with van der Waals surface area (Å²) in [5.41, 5.74) is 0. The van der Waals surface area contributed by atoms with Crippen molar-refractivity contribution in [1.29, 1.82) is 0 Å². The van der Waals surface area contributed by atoms with Crippen LogP contribution < -0.4 is 0 Å². The highest BCUT2D eigenvalue weighted by Crippen LogP contribution is 2.16. The smallest absolute Gasteiger partial charge is 0.306 e. The number of hydrogen-bond donors (Lipinski definition) is 0. The molecule has 0 saturated heterocycles. The Labute approximate surface area is 482 Å². The van der Waals surface area contributed by atoms with E-state index in [0.717, 1.165) is 135 Å². The molecule has 0 amide bonds. The molecule has 0 heterocycles. The first-order chi connectivity index (χ1) is 38.5. The molecule has 78 heavy (non-hydrogen) atoms. The molecule has 1 atom stereocenters. The Kier molecular flexibility index (Phi) is 61.8. The molecule has 0 spiro atoms. The first-order valence-corrected chi connectivity index (χ1v) is 32.5. The third-order valence-corrected chi connectivity index (χ3v) is 13.7. The summed E-state index contributed by atoms with van der Waals surface area (Å²) in [6.45, 7) is 6.48. The summed E-state index contributed by atoms with van der Waals surface area (Å²) in [4.78, 5) is 38.4. The summed E-state index contributed by atoms with van der Waals surface area (Å²) in [5.74, 6) is -0.934. The Morgan fingerprint density at radius 3 is 0.821 bits per heavy atom. The number of carbonyl (C=O) groups is 3. The fraction of sp³-hybridized carbons (Fsp3) is 0.681. The summed E-state index contributed by atoms with van der Waals surface area (Å²) in [6.07, 6.45) is 90.5. The largest absolute Gasteiger partial charge is 0.462 e. The minimum absolute atomic E-state index is 0.0944. The van der Waals surface area contributed by atoms with Crippen LogP contribution in [0.3, 0.4) is 0 Å². The molecular weight excluding hydrogens is 961 g/mol. The number of unbranched alkanes of at least 4 members (excludes halogenated alkanes) is 27. The van der Waals surface area contributed by atoms with E-state index in [2.05, 4.69) is 142 Å². The first kappa shape index (κ1) is 73.8. The SMILES string of the molecule is CC/C=C\C/C=C\C/C=C\C/C=C\C/C=C\C/C=C\C/C=C\CCCCCC(=O)OCC(COC(=O)CCCCCCCCCCCCCCCCCC)OC(=O)CCCCCCCC/C=C\C/C=C\C/C=C\CCCCC. The van der Waals surface area contributed by atoms with Crippen molar-refractivity contribution in [3.05, 3.63) is 122 Å². The maximum atomic E-state index is 12.9. The average Bonchev–Trinajstić information content (AvgIpc) is 3.44. The van der Waals surface area contributed by atoms with E-state index in [9.17, 15) is 14.4 Å². The highest BCUT2D eigenvalue weighted by atomic mass is 16.6. The normalized spacial score (nSPS) is 12.9.